The van der Waals surface area contributed by atoms with Crippen molar-refractivity contribution in [3.8, 4) is 0 Å². The second-order valence-corrected chi connectivity index (χ2v) is 7.79. The van der Waals surface area contributed by atoms with Gasteiger partial charge in [-0.25, -0.2) is 4.99 Å². The zero-order valence-corrected chi connectivity index (χ0v) is 17.9. The van der Waals surface area contributed by atoms with Crippen molar-refractivity contribution in [2.24, 2.45) is 12.0 Å². The Balaban J connectivity index is 1.57. The summed E-state index contributed by atoms with van der Waals surface area (Å²) in [5.74, 6) is 2.38. The number of nitrogens with one attached hydrogen (secondary N) is 2. The van der Waals surface area contributed by atoms with Crippen molar-refractivity contribution in [3.63, 3.8) is 0 Å². The van der Waals surface area contributed by atoms with Gasteiger partial charge in [0.2, 0.25) is 0 Å². The third-order valence-corrected chi connectivity index (χ3v) is 5.27. The van der Waals surface area contributed by atoms with Crippen LogP contribution in [0.1, 0.15) is 48.5 Å². The van der Waals surface area contributed by atoms with Crippen LogP contribution in [0, 0.1) is 6.92 Å². The van der Waals surface area contributed by atoms with Gasteiger partial charge in [-0.1, -0.05) is 37.1 Å². The van der Waals surface area contributed by atoms with Crippen LogP contribution in [0.3, 0.4) is 0 Å². The fraction of sp³-hybridized carbons (Fsp3) is 0.571. The second kappa shape index (κ2) is 10.6. The Morgan fingerprint density at radius 1 is 1.16 bits per heavy atom. The smallest absolute Gasteiger partial charge is 0.367 e. The molecule has 0 radical (unpaired) electrons. The van der Waals surface area contributed by atoms with Gasteiger partial charge >= 0.3 is 6.18 Å². The van der Waals surface area contributed by atoms with Crippen LogP contribution in [-0.4, -0.2) is 39.5 Å². The van der Waals surface area contributed by atoms with Gasteiger partial charge < -0.3 is 19.9 Å². The first-order valence-corrected chi connectivity index (χ1v) is 10.4. The molecule has 0 amide bonds. The summed E-state index contributed by atoms with van der Waals surface area (Å²) in [7, 11) is 1.92. The minimum absolute atomic E-state index is 0.0732. The van der Waals surface area contributed by atoms with Gasteiger partial charge in [0.05, 0.1) is 19.7 Å². The Morgan fingerprint density at radius 2 is 1.84 bits per heavy atom. The molecule has 1 aromatic heterocycles. The lowest BCUT2D eigenvalue weighted by molar-refractivity contribution is -0.176. The van der Waals surface area contributed by atoms with Crippen molar-refractivity contribution in [2.75, 3.05) is 6.61 Å². The molecule has 0 unspecified atom stereocenters. The zero-order chi connectivity index (χ0) is 22.3. The number of aromatic nitrogens is 3. The standard InChI is InChI=1S/C21H29F3N6O/c1-15-28-29-19(30(15)2)12-26-20(27-18-5-3-4-6-18)25-11-16-7-9-17(10-8-16)13-31-14-21(22,23)24/h7-10,18H,3-6,11-14H2,1-2H3,(H2,25,26,27). The number of nitrogens with zero attached hydrogens (tertiary/aromatic N) is 4. The number of halogens is 3. The summed E-state index contributed by atoms with van der Waals surface area (Å²) in [5.41, 5.74) is 1.65. The Labute approximate surface area is 180 Å². The van der Waals surface area contributed by atoms with E-state index in [-0.39, 0.29) is 6.61 Å². The number of benzene rings is 1. The number of hydrogen-bond acceptors (Lipinski definition) is 4. The average Bonchev–Trinajstić information content (AvgIpc) is 3.35. The number of ether oxygens (including phenoxy) is 1. The molecule has 170 valence electrons. The Bertz CT molecular complexity index is 857. The third-order valence-electron chi connectivity index (χ3n) is 5.27. The normalized spacial score (nSPS) is 15.5. The topological polar surface area (TPSA) is 76.4 Å². The van der Waals surface area contributed by atoms with Crippen LogP contribution in [0.15, 0.2) is 29.3 Å². The lowest BCUT2D eigenvalue weighted by Crippen LogP contribution is -2.42. The maximum absolute atomic E-state index is 12.2. The summed E-state index contributed by atoms with van der Waals surface area (Å²) >= 11 is 0. The largest absolute Gasteiger partial charge is 0.411 e. The molecule has 0 bridgehead atoms. The van der Waals surface area contributed by atoms with Crippen LogP contribution >= 0.6 is 0 Å². The van der Waals surface area contributed by atoms with Gasteiger partial charge in [-0.15, -0.1) is 10.2 Å². The minimum Gasteiger partial charge on any atom is -0.367 e. The van der Waals surface area contributed by atoms with Gasteiger partial charge in [-0.2, -0.15) is 13.2 Å². The van der Waals surface area contributed by atoms with Crippen LogP contribution in [0.5, 0.6) is 0 Å². The Kier molecular flexibility index (Phi) is 7.89. The molecule has 7 nitrogen and oxygen atoms in total. The SMILES string of the molecule is Cc1nnc(CNC(=NCc2ccc(COCC(F)(F)F)cc2)NC2CCCC2)n1C. The van der Waals surface area contributed by atoms with Crippen LogP contribution in [0.25, 0.3) is 0 Å². The number of rotatable bonds is 8. The number of aliphatic imine (C=N–C) groups is 1. The van der Waals surface area contributed by atoms with E-state index < -0.39 is 12.8 Å². The Hall–Kier alpha value is -2.62. The lowest BCUT2D eigenvalue weighted by Gasteiger charge is -2.17. The molecular formula is C21H29F3N6O. The first-order chi connectivity index (χ1) is 14.8. The van der Waals surface area contributed by atoms with Crippen molar-refractivity contribution in [1.82, 2.24) is 25.4 Å². The van der Waals surface area contributed by atoms with Gasteiger partial charge in [-0.3, -0.25) is 0 Å². The van der Waals surface area contributed by atoms with Crippen molar-refractivity contribution < 1.29 is 17.9 Å². The summed E-state index contributed by atoms with van der Waals surface area (Å²) in [6, 6.07) is 7.65. The van der Waals surface area contributed by atoms with Gasteiger partial charge in [0.1, 0.15) is 12.4 Å². The minimum atomic E-state index is -4.31. The van der Waals surface area contributed by atoms with Gasteiger partial charge in [0, 0.05) is 13.1 Å². The molecule has 2 aromatic rings. The van der Waals surface area contributed by atoms with Crippen LogP contribution in [0.4, 0.5) is 13.2 Å². The molecule has 0 spiro atoms. The van der Waals surface area contributed by atoms with Crippen molar-refractivity contribution in [2.45, 2.75) is 64.5 Å². The van der Waals surface area contributed by atoms with E-state index >= 15 is 0 Å². The van der Waals surface area contributed by atoms with E-state index in [1.165, 1.54) is 12.8 Å². The van der Waals surface area contributed by atoms with E-state index in [4.69, 9.17) is 9.73 Å². The predicted molar refractivity (Wildman–Crippen MR) is 111 cm³/mol. The maximum Gasteiger partial charge on any atom is 0.411 e. The molecular weight excluding hydrogens is 409 g/mol. The second-order valence-electron chi connectivity index (χ2n) is 7.79. The van der Waals surface area contributed by atoms with E-state index in [2.05, 4.69) is 20.8 Å². The fourth-order valence-electron chi connectivity index (χ4n) is 3.38. The van der Waals surface area contributed by atoms with Gasteiger partial charge in [0.25, 0.3) is 0 Å². The van der Waals surface area contributed by atoms with E-state index in [0.717, 1.165) is 30.1 Å². The highest BCUT2D eigenvalue weighted by molar-refractivity contribution is 5.80. The maximum atomic E-state index is 12.2. The summed E-state index contributed by atoms with van der Waals surface area (Å²) < 4.78 is 43.2. The van der Waals surface area contributed by atoms with E-state index in [9.17, 15) is 13.2 Å². The summed E-state index contributed by atoms with van der Waals surface area (Å²) in [4.78, 5) is 4.69. The van der Waals surface area contributed by atoms with Gasteiger partial charge in [-0.05, 0) is 30.9 Å². The fourth-order valence-corrected chi connectivity index (χ4v) is 3.38. The monoisotopic (exact) mass is 438 g/mol. The third kappa shape index (κ3) is 7.54. The molecule has 0 aliphatic heterocycles. The first kappa shape index (κ1) is 23.1. The summed E-state index contributed by atoms with van der Waals surface area (Å²) in [6.07, 6.45) is 0.359. The van der Waals surface area contributed by atoms with Crippen molar-refractivity contribution in [1.29, 1.82) is 0 Å². The molecule has 1 fully saturated rings. The molecule has 0 saturated heterocycles. The van der Waals surface area contributed by atoms with E-state index in [0.29, 0.717) is 30.7 Å². The molecule has 3 rings (SSSR count). The Morgan fingerprint density at radius 3 is 2.45 bits per heavy atom. The molecule has 10 heteroatoms. The van der Waals surface area contributed by atoms with Crippen LogP contribution < -0.4 is 10.6 Å². The number of hydrogen-bond donors (Lipinski definition) is 2. The molecule has 1 heterocycles. The average molecular weight is 438 g/mol. The number of guanidine groups is 1. The molecule has 1 saturated carbocycles. The molecule has 31 heavy (non-hydrogen) atoms. The van der Waals surface area contributed by atoms with Crippen molar-refractivity contribution in [3.05, 3.63) is 47.0 Å². The zero-order valence-electron chi connectivity index (χ0n) is 17.9. The van der Waals surface area contributed by atoms with Crippen LogP contribution in [-0.2, 0) is 31.5 Å². The van der Waals surface area contributed by atoms with E-state index in [1.54, 1.807) is 12.1 Å². The highest BCUT2D eigenvalue weighted by Crippen LogP contribution is 2.18. The molecule has 1 aliphatic carbocycles. The first-order valence-electron chi connectivity index (χ1n) is 10.4. The summed E-state index contributed by atoms with van der Waals surface area (Å²) in [6.45, 7) is 1.54. The lowest BCUT2D eigenvalue weighted by atomic mass is 10.1. The van der Waals surface area contributed by atoms with E-state index in [1.807, 2.05) is 30.7 Å². The predicted octanol–water partition coefficient (Wildman–Crippen LogP) is 3.38. The number of aryl methyl sites for hydroxylation is 1. The van der Waals surface area contributed by atoms with Gasteiger partial charge in [0.15, 0.2) is 11.8 Å². The summed E-state index contributed by atoms with van der Waals surface area (Å²) in [5, 5.41) is 15.1. The number of alkyl halides is 3. The molecule has 0 atom stereocenters. The quantitative estimate of drug-likeness (QED) is 0.488. The van der Waals surface area contributed by atoms with Crippen LogP contribution in [0.2, 0.25) is 0 Å². The molecule has 1 aliphatic rings. The molecule has 2 N–H and O–H groups in total. The van der Waals surface area contributed by atoms with Crippen molar-refractivity contribution >= 4 is 5.96 Å². The highest BCUT2D eigenvalue weighted by Gasteiger charge is 2.27. The highest BCUT2D eigenvalue weighted by atomic mass is 19.4. The molecule has 1 aromatic carbocycles.